The normalized spacial score (nSPS) is 12.5. The van der Waals surface area contributed by atoms with Crippen LogP contribution in [0.2, 0.25) is 10.2 Å². The van der Waals surface area contributed by atoms with Crippen LogP contribution in [0.3, 0.4) is 0 Å². The van der Waals surface area contributed by atoms with E-state index in [1.165, 1.54) is 0 Å². The van der Waals surface area contributed by atoms with Crippen molar-refractivity contribution in [1.29, 1.82) is 0 Å². The Balaban J connectivity index is 2.43. The Morgan fingerprint density at radius 2 is 1.71 bits per heavy atom. The maximum atomic E-state index is 12.6. The van der Waals surface area contributed by atoms with Gasteiger partial charge in [0.15, 0.2) is 0 Å². The average Bonchev–Trinajstić information content (AvgIpc) is 2.95. The first-order chi connectivity index (χ1) is 10.8. The van der Waals surface area contributed by atoms with E-state index in [1.54, 1.807) is 17.7 Å². The number of halogens is 2. The van der Waals surface area contributed by atoms with Gasteiger partial charge in [0.1, 0.15) is 16.7 Å². The lowest BCUT2D eigenvalue weighted by molar-refractivity contribution is 0.101. The van der Waals surface area contributed by atoms with Crippen LogP contribution in [0.5, 0.6) is 0 Å². The van der Waals surface area contributed by atoms with Crippen LogP contribution in [0.4, 0.5) is 5.82 Å². The molecular weight excluding hydrogens is 347 g/mol. The van der Waals surface area contributed by atoms with Gasteiger partial charge in [-0.3, -0.25) is 4.79 Å². The zero-order chi connectivity index (χ0) is 18.4. The van der Waals surface area contributed by atoms with Crippen molar-refractivity contribution in [2.75, 3.05) is 5.32 Å². The molecule has 132 valence electrons. The molecule has 0 unspecified atom stereocenters. The van der Waals surface area contributed by atoms with Crippen molar-refractivity contribution >= 4 is 34.9 Å². The Bertz CT molecular complexity index is 776. The summed E-state index contributed by atoms with van der Waals surface area (Å²) in [7, 11) is 1.70. The Morgan fingerprint density at radius 1 is 1.12 bits per heavy atom. The zero-order valence-electron chi connectivity index (χ0n) is 15.2. The van der Waals surface area contributed by atoms with E-state index in [-0.39, 0.29) is 16.9 Å². The smallest absolute Gasteiger partial charge is 0.273 e. The molecule has 0 aromatic carbocycles. The highest BCUT2D eigenvalue weighted by atomic mass is 35.5. The second-order valence-electron chi connectivity index (χ2n) is 7.93. The fourth-order valence-electron chi connectivity index (χ4n) is 2.29. The highest BCUT2D eigenvalue weighted by molar-refractivity contribution is 6.42. The van der Waals surface area contributed by atoms with Gasteiger partial charge in [0.2, 0.25) is 0 Å². The molecule has 0 fully saturated rings. The molecule has 0 saturated carbocycles. The fourth-order valence-corrected chi connectivity index (χ4v) is 2.66. The van der Waals surface area contributed by atoms with Gasteiger partial charge < -0.3 is 9.88 Å². The summed E-state index contributed by atoms with van der Waals surface area (Å²) >= 11 is 12.0. The van der Waals surface area contributed by atoms with Gasteiger partial charge in [0.05, 0.1) is 16.3 Å². The number of nitrogens with one attached hydrogen (secondary N) is 1. The molecule has 5 nitrogen and oxygen atoms in total. The number of anilines is 1. The van der Waals surface area contributed by atoms with Crippen LogP contribution in [-0.2, 0) is 18.0 Å². The van der Waals surface area contributed by atoms with Crippen LogP contribution in [0.25, 0.3) is 0 Å². The first kappa shape index (κ1) is 18.9. The summed E-state index contributed by atoms with van der Waals surface area (Å²) < 4.78 is 3.39. The molecule has 24 heavy (non-hydrogen) atoms. The Labute approximate surface area is 152 Å². The summed E-state index contributed by atoms with van der Waals surface area (Å²) in [5.41, 5.74) is 0.919. The number of rotatable bonds is 2. The molecule has 0 saturated heterocycles. The molecule has 2 aromatic rings. The lowest BCUT2D eigenvalue weighted by Crippen LogP contribution is -2.27. The second kappa shape index (κ2) is 6.12. The summed E-state index contributed by atoms with van der Waals surface area (Å²) in [5.74, 6) is 0.364. The van der Waals surface area contributed by atoms with E-state index in [0.717, 1.165) is 5.69 Å². The summed E-state index contributed by atoms with van der Waals surface area (Å²) in [6.45, 7) is 12.4. The standard InChI is InChI=1S/C17H24Cl2N4O/c1-16(2,3)12-9-13(23(21-12)17(4,5)6)20-15(24)11-8-10(18)14(19)22(11)7/h8-9H,1-7H3,(H,20,24). The van der Waals surface area contributed by atoms with E-state index in [1.807, 2.05) is 31.5 Å². The topological polar surface area (TPSA) is 51.9 Å². The predicted octanol–water partition coefficient (Wildman–Crippen LogP) is 4.83. The van der Waals surface area contributed by atoms with Crippen LogP contribution in [0.1, 0.15) is 57.7 Å². The van der Waals surface area contributed by atoms with Crippen molar-refractivity contribution in [3.05, 3.63) is 33.7 Å². The molecule has 0 atom stereocenters. The summed E-state index contributed by atoms with van der Waals surface area (Å²) in [4.78, 5) is 12.6. The minimum absolute atomic E-state index is 0.117. The largest absolute Gasteiger partial charge is 0.329 e. The molecule has 0 spiro atoms. The van der Waals surface area contributed by atoms with E-state index >= 15 is 0 Å². The third kappa shape index (κ3) is 3.62. The minimum atomic E-state index is -0.280. The first-order valence-electron chi connectivity index (χ1n) is 7.75. The summed E-state index contributed by atoms with van der Waals surface area (Å²) in [5, 5.41) is 8.30. The van der Waals surface area contributed by atoms with E-state index in [4.69, 9.17) is 23.2 Å². The number of hydrogen-bond donors (Lipinski definition) is 1. The van der Waals surface area contributed by atoms with Gasteiger partial charge in [-0.25, -0.2) is 4.68 Å². The van der Waals surface area contributed by atoms with Crippen LogP contribution in [-0.4, -0.2) is 20.3 Å². The molecule has 0 radical (unpaired) electrons. The van der Waals surface area contributed by atoms with Gasteiger partial charge in [0, 0.05) is 18.5 Å². The van der Waals surface area contributed by atoms with Gasteiger partial charge in [0.25, 0.3) is 5.91 Å². The van der Waals surface area contributed by atoms with Crippen LogP contribution < -0.4 is 5.32 Å². The average molecular weight is 371 g/mol. The van der Waals surface area contributed by atoms with Crippen molar-refractivity contribution in [2.45, 2.75) is 52.5 Å². The van der Waals surface area contributed by atoms with E-state index in [9.17, 15) is 4.79 Å². The number of nitrogens with zero attached hydrogens (tertiary/aromatic N) is 3. The Kier molecular flexibility index (Phi) is 4.81. The number of carbonyl (C=O) groups excluding carboxylic acids is 1. The minimum Gasteiger partial charge on any atom is -0.329 e. The molecule has 2 heterocycles. The quantitative estimate of drug-likeness (QED) is 0.822. The fraction of sp³-hybridized carbons (Fsp3) is 0.529. The van der Waals surface area contributed by atoms with Crippen molar-refractivity contribution in [2.24, 2.45) is 7.05 Å². The van der Waals surface area contributed by atoms with Gasteiger partial charge in [-0.2, -0.15) is 5.10 Å². The molecule has 1 amide bonds. The predicted molar refractivity (Wildman–Crippen MR) is 99.3 cm³/mol. The molecule has 0 aliphatic rings. The molecule has 2 rings (SSSR count). The SMILES string of the molecule is Cn1c(C(=O)Nc2cc(C(C)(C)C)nn2C(C)(C)C)cc(Cl)c1Cl. The van der Waals surface area contributed by atoms with Crippen molar-refractivity contribution < 1.29 is 4.79 Å². The molecular formula is C17H24Cl2N4O. The van der Waals surface area contributed by atoms with E-state index in [2.05, 4.69) is 31.2 Å². The molecule has 0 aliphatic heterocycles. The third-order valence-electron chi connectivity index (χ3n) is 3.70. The van der Waals surface area contributed by atoms with Crippen LogP contribution in [0, 0.1) is 0 Å². The summed E-state index contributed by atoms with van der Waals surface area (Å²) in [6, 6.07) is 3.47. The maximum Gasteiger partial charge on any atom is 0.273 e. The maximum absolute atomic E-state index is 12.6. The molecule has 0 bridgehead atoms. The van der Waals surface area contributed by atoms with E-state index < -0.39 is 0 Å². The Hall–Kier alpha value is -1.46. The first-order valence-corrected chi connectivity index (χ1v) is 8.51. The third-order valence-corrected chi connectivity index (χ3v) is 4.55. The van der Waals surface area contributed by atoms with Crippen LogP contribution in [0.15, 0.2) is 12.1 Å². The van der Waals surface area contributed by atoms with Gasteiger partial charge in [-0.15, -0.1) is 0 Å². The van der Waals surface area contributed by atoms with Crippen molar-refractivity contribution in [1.82, 2.24) is 14.3 Å². The molecule has 7 heteroatoms. The number of aromatic nitrogens is 3. The summed E-state index contributed by atoms with van der Waals surface area (Å²) in [6.07, 6.45) is 0. The number of amides is 1. The Morgan fingerprint density at radius 3 is 2.12 bits per heavy atom. The van der Waals surface area contributed by atoms with E-state index in [0.29, 0.717) is 21.7 Å². The van der Waals surface area contributed by atoms with Gasteiger partial charge in [-0.05, 0) is 26.8 Å². The number of carbonyl (C=O) groups is 1. The molecule has 2 aromatic heterocycles. The monoisotopic (exact) mass is 370 g/mol. The zero-order valence-corrected chi connectivity index (χ0v) is 16.7. The highest BCUT2D eigenvalue weighted by Crippen LogP contribution is 2.29. The van der Waals surface area contributed by atoms with Crippen LogP contribution >= 0.6 is 23.2 Å². The van der Waals surface area contributed by atoms with Gasteiger partial charge >= 0.3 is 0 Å². The lowest BCUT2D eigenvalue weighted by Gasteiger charge is -2.23. The van der Waals surface area contributed by atoms with Crippen molar-refractivity contribution in [3.8, 4) is 0 Å². The molecule has 1 N–H and O–H groups in total. The molecule has 0 aliphatic carbocycles. The van der Waals surface area contributed by atoms with Crippen molar-refractivity contribution in [3.63, 3.8) is 0 Å². The van der Waals surface area contributed by atoms with Gasteiger partial charge in [-0.1, -0.05) is 44.0 Å². The lowest BCUT2D eigenvalue weighted by atomic mass is 9.92. The highest BCUT2D eigenvalue weighted by Gasteiger charge is 2.26. The number of hydrogen-bond acceptors (Lipinski definition) is 2. The second-order valence-corrected chi connectivity index (χ2v) is 8.69.